The van der Waals surface area contributed by atoms with Crippen LogP contribution in [-0.4, -0.2) is 25.2 Å². The number of hydrogen-bond donors (Lipinski definition) is 2. The van der Waals surface area contributed by atoms with E-state index < -0.39 is 0 Å². The number of nitrogens with one attached hydrogen (secondary N) is 2. The molecule has 0 aliphatic carbocycles. The van der Waals surface area contributed by atoms with Crippen LogP contribution in [0.15, 0.2) is 11.6 Å². The summed E-state index contributed by atoms with van der Waals surface area (Å²) in [6, 6.07) is 1.25. The molecule has 0 aliphatic heterocycles. The van der Waals surface area contributed by atoms with E-state index in [-0.39, 0.29) is 0 Å². The molecule has 0 spiro atoms. The smallest absolute Gasteiger partial charge is 0.00414 e. The van der Waals surface area contributed by atoms with E-state index in [9.17, 15) is 0 Å². The molecule has 1 unspecified atom stereocenters. The highest BCUT2D eigenvalue weighted by Crippen LogP contribution is 2.12. The highest BCUT2D eigenvalue weighted by atomic mass is 14.9. The minimum Gasteiger partial charge on any atom is -0.316 e. The molecule has 19 heavy (non-hydrogen) atoms. The van der Waals surface area contributed by atoms with Gasteiger partial charge in [-0.05, 0) is 65.8 Å². The van der Waals surface area contributed by atoms with Crippen molar-refractivity contribution < 1.29 is 0 Å². The van der Waals surface area contributed by atoms with Crippen molar-refractivity contribution in [1.29, 1.82) is 0 Å². The first kappa shape index (κ1) is 18.7. The maximum Gasteiger partial charge on any atom is 0.00414 e. The van der Waals surface area contributed by atoms with Gasteiger partial charge in [0.05, 0.1) is 0 Å². The largest absolute Gasteiger partial charge is 0.316 e. The van der Waals surface area contributed by atoms with E-state index in [0.29, 0.717) is 18.0 Å². The summed E-state index contributed by atoms with van der Waals surface area (Å²) >= 11 is 0. The molecule has 0 saturated heterocycles. The Bertz CT molecular complexity index is 231. The van der Waals surface area contributed by atoms with Gasteiger partial charge in [0.1, 0.15) is 0 Å². The van der Waals surface area contributed by atoms with Crippen LogP contribution in [0.1, 0.15) is 67.2 Å². The summed E-state index contributed by atoms with van der Waals surface area (Å²) in [5.41, 5.74) is 1.44. The van der Waals surface area contributed by atoms with Crippen molar-refractivity contribution in [3.8, 4) is 0 Å². The Balaban J connectivity index is 4.06. The Kier molecular flexibility index (Phi) is 11.3. The number of rotatable bonds is 11. The Morgan fingerprint density at radius 1 is 1.05 bits per heavy atom. The second-order valence-corrected chi connectivity index (χ2v) is 6.16. The third-order valence-electron chi connectivity index (χ3n) is 3.55. The zero-order chi connectivity index (χ0) is 14.7. The van der Waals surface area contributed by atoms with E-state index in [1.54, 1.807) is 0 Å². The van der Waals surface area contributed by atoms with Crippen molar-refractivity contribution in [1.82, 2.24) is 10.6 Å². The third kappa shape index (κ3) is 11.2. The predicted molar refractivity (Wildman–Crippen MR) is 87.7 cm³/mol. The highest BCUT2D eigenvalue weighted by Gasteiger charge is 2.10. The highest BCUT2D eigenvalue weighted by molar-refractivity contribution is 4.98. The van der Waals surface area contributed by atoms with Crippen molar-refractivity contribution >= 4 is 0 Å². The molecule has 2 nitrogen and oxygen atoms in total. The van der Waals surface area contributed by atoms with Gasteiger partial charge in [-0.15, -0.1) is 0 Å². The Hall–Kier alpha value is -0.340. The lowest BCUT2D eigenvalue weighted by Gasteiger charge is -2.21. The Labute approximate surface area is 121 Å². The van der Waals surface area contributed by atoms with Gasteiger partial charge in [0.2, 0.25) is 0 Å². The first-order chi connectivity index (χ1) is 8.99. The minimum absolute atomic E-state index is 0.620. The monoisotopic (exact) mass is 268 g/mol. The zero-order valence-corrected chi connectivity index (χ0v) is 14.1. The molecule has 0 radical (unpaired) electrons. The third-order valence-corrected chi connectivity index (χ3v) is 3.55. The van der Waals surface area contributed by atoms with Crippen LogP contribution >= 0.6 is 0 Å². The van der Waals surface area contributed by atoms with Crippen LogP contribution in [0.3, 0.4) is 0 Å². The van der Waals surface area contributed by atoms with Gasteiger partial charge in [-0.1, -0.05) is 25.5 Å². The van der Waals surface area contributed by atoms with Crippen LogP contribution < -0.4 is 10.6 Å². The van der Waals surface area contributed by atoms with Gasteiger partial charge in [-0.3, -0.25) is 0 Å². The Morgan fingerprint density at radius 3 is 2.26 bits per heavy atom. The molecule has 114 valence electrons. The number of hydrogen-bond acceptors (Lipinski definition) is 2. The quantitative estimate of drug-likeness (QED) is 0.435. The van der Waals surface area contributed by atoms with Crippen LogP contribution in [0, 0.1) is 5.92 Å². The molecular formula is C17H36N2. The zero-order valence-electron chi connectivity index (χ0n) is 14.1. The molecule has 0 heterocycles. The van der Waals surface area contributed by atoms with Crippen molar-refractivity contribution in [2.45, 2.75) is 79.3 Å². The van der Waals surface area contributed by atoms with E-state index in [1.165, 1.54) is 31.3 Å². The standard InChI is InChI=1S/C17H36N2/c1-7-11-18-13-17(12-14(3)4)10-9-16(6)19-15(5)8-2/h12,15-19H,7-11,13H2,1-6H3/t15-,16+,17?/m1/s1. The van der Waals surface area contributed by atoms with E-state index in [1.807, 2.05) is 0 Å². The molecule has 0 amide bonds. The summed E-state index contributed by atoms with van der Waals surface area (Å²) < 4.78 is 0. The molecule has 2 heteroatoms. The first-order valence-corrected chi connectivity index (χ1v) is 8.11. The molecule has 3 atom stereocenters. The van der Waals surface area contributed by atoms with Gasteiger partial charge >= 0.3 is 0 Å². The fourth-order valence-corrected chi connectivity index (χ4v) is 2.33. The van der Waals surface area contributed by atoms with Crippen molar-refractivity contribution in [3.05, 3.63) is 11.6 Å². The maximum atomic E-state index is 3.66. The fraction of sp³-hybridized carbons (Fsp3) is 0.882. The molecule has 0 aromatic heterocycles. The summed E-state index contributed by atoms with van der Waals surface area (Å²) in [4.78, 5) is 0. The van der Waals surface area contributed by atoms with Crippen LogP contribution in [0.5, 0.6) is 0 Å². The molecule has 0 aromatic carbocycles. The molecular weight excluding hydrogens is 232 g/mol. The van der Waals surface area contributed by atoms with Crippen LogP contribution in [0.4, 0.5) is 0 Å². The van der Waals surface area contributed by atoms with E-state index in [0.717, 1.165) is 13.1 Å². The lowest BCUT2D eigenvalue weighted by atomic mass is 9.97. The van der Waals surface area contributed by atoms with Crippen molar-refractivity contribution in [2.24, 2.45) is 5.92 Å². The Morgan fingerprint density at radius 2 is 1.74 bits per heavy atom. The molecule has 2 N–H and O–H groups in total. The van der Waals surface area contributed by atoms with E-state index >= 15 is 0 Å². The van der Waals surface area contributed by atoms with Crippen LogP contribution in [0.2, 0.25) is 0 Å². The average Bonchev–Trinajstić information content (AvgIpc) is 2.35. The molecule has 0 bridgehead atoms. The SMILES string of the molecule is CCCNCC(C=C(C)C)CC[C@H](C)N[C@H](C)CC. The predicted octanol–water partition coefficient (Wildman–Crippen LogP) is 4.13. The molecule has 0 aromatic rings. The average molecular weight is 268 g/mol. The lowest BCUT2D eigenvalue weighted by Crippen LogP contribution is -2.34. The molecule has 0 fully saturated rings. The second kappa shape index (κ2) is 11.5. The van der Waals surface area contributed by atoms with Gasteiger partial charge in [0, 0.05) is 18.6 Å². The normalized spacial score (nSPS) is 15.9. The summed E-state index contributed by atoms with van der Waals surface area (Å²) in [6.07, 6.45) is 7.38. The van der Waals surface area contributed by atoms with Gasteiger partial charge in [0.25, 0.3) is 0 Å². The summed E-state index contributed by atoms with van der Waals surface area (Å²) in [6.45, 7) is 15.7. The second-order valence-electron chi connectivity index (χ2n) is 6.16. The lowest BCUT2D eigenvalue weighted by molar-refractivity contribution is 0.401. The summed E-state index contributed by atoms with van der Waals surface area (Å²) in [5.74, 6) is 0.678. The fourth-order valence-electron chi connectivity index (χ4n) is 2.33. The van der Waals surface area contributed by atoms with Gasteiger partial charge in [-0.25, -0.2) is 0 Å². The topological polar surface area (TPSA) is 24.1 Å². The van der Waals surface area contributed by atoms with E-state index in [2.05, 4.69) is 58.3 Å². The molecule has 0 aliphatic rings. The maximum absolute atomic E-state index is 3.66. The number of allylic oxidation sites excluding steroid dienone is 1. The van der Waals surface area contributed by atoms with Crippen LogP contribution in [-0.2, 0) is 0 Å². The molecule has 0 rings (SSSR count). The van der Waals surface area contributed by atoms with Gasteiger partial charge in [-0.2, -0.15) is 0 Å². The molecule has 0 saturated carbocycles. The van der Waals surface area contributed by atoms with Crippen molar-refractivity contribution in [2.75, 3.05) is 13.1 Å². The minimum atomic E-state index is 0.620. The summed E-state index contributed by atoms with van der Waals surface area (Å²) in [7, 11) is 0. The van der Waals surface area contributed by atoms with Gasteiger partial charge < -0.3 is 10.6 Å². The van der Waals surface area contributed by atoms with Gasteiger partial charge in [0.15, 0.2) is 0 Å². The van der Waals surface area contributed by atoms with E-state index in [4.69, 9.17) is 0 Å². The van der Waals surface area contributed by atoms with Crippen LogP contribution in [0.25, 0.3) is 0 Å². The van der Waals surface area contributed by atoms with Crippen molar-refractivity contribution in [3.63, 3.8) is 0 Å². The first-order valence-electron chi connectivity index (χ1n) is 8.11. The summed E-state index contributed by atoms with van der Waals surface area (Å²) in [5, 5.41) is 7.22.